The van der Waals surface area contributed by atoms with Gasteiger partial charge < -0.3 is 19.7 Å². The third-order valence-corrected chi connectivity index (χ3v) is 4.48. The summed E-state index contributed by atoms with van der Waals surface area (Å²) in [5.41, 5.74) is 1.12. The number of aliphatic carboxylic acids is 1. The van der Waals surface area contributed by atoms with Gasteiger partial charge in [0.1, 0.15) is 12.3 Å². The number of benzene rings is 1. The standard InChI is InChI=1S/C17H23NO5/c1-17(2)22-13(14(23-17)16(20)21)15(19)18-10-6-9-12(18)11-7-4-3-5-8-11/h3-5,7-8,12-15,19H,6,9-10H2,1-2H3,(H,20,21)/t12?,13-,14-,15?/m1/s1. The summed E-state index contributed by atoms with van der Waals surface area (Å²) in [4.78, 5) is 13.4. The molecule has 1 aromatic rings. The van der Waals surface area contributed by atoms with Gasteiger partial charge in [-0.25, -0.2) is 4.79 Å². The van der Waals surface area contributed by atoms with Crippen LogP contribution in [0.25, 0.3) is 0 Å². The van der Waals surface area contributed by atoms with E-state index < -0.39 is 30.2 Å². The van der Waals surface area contributed by atoms with Crippen LogP contribution in [0.15, 0.2) is 30.3 Å². The number of aliphatic hydroxyl groups is 1. The van der Waals surface area contributed by atoms with Gasteiger partial charge in [-0.15, -0.1) is 0 Å². The molecule has 0 aliphatic carbocycles. The number of rotatable bonds is 4. The number of hydrogen-bond acceptors (Lipinski definition) is 5. The zero-order valence-corrected chi connectivity index (χ0v) is 13.4. The lowest BCUT2D eigenvalue weighted by molar-refractivity contribution is -0.173. The van der Waals surface area contributed by atoms with Gasteiger partial charge in [-0.1, -0.05) is 30.3 Å². The molecule has 2 N–H and O–H groups in total. The number of carboxylic acid groups (broad SMARTS) is 1. The fourth-order valence-corrected chi connectivity index (χ4v) is 3.53. The highest BCUT2D eigenvalue weighted by Gasteiger charge is 2.51. The smallest absolute Gasteiger partial charge is 0.335 e. The van der Waals surface area contributed by atoms with E-state index in [1.807, 2.05) is 35.2 Å². The van der Waals surface area contributed by atoms with Gasteiger partial charge >= 0.3 is 5.97 Å². The minimum Gasteiger partial charge on any atom is -0.479 e. The first-order chi connectivity index (χ1) is 10.9. The van der Waals surface area contributed by atoms with Crippen molar-refractivity contribution in [2.24, 2.45) is 0 Å². The summed E-state index contributed by atoms with van der Waals surface area (Å²) < 4.78 is 11.1. The number of hydrogen-bond donors (Lipinski definition) is 2. The second kappa shape index (κ2) is 6.20. The van der Waals surface area contributed by atoms with Crippen LogP contribution in [0.3, 0.4) is 0 Å². The number of likely N-dealkylation sites (tertiary alicyclic amines) is 1. The largest absolute Gasteiger partial charge is 0.479 e. The summed E-state index contributed by atoms with van der Waals surface area (Å²) in [6, 6.07) is 10.0. The fourth-order valence-electron chi connectivity index (χ4n) is 3.53. The molecule has 0 saturated carbocycles. The van der Waals surface area contributed by atoms with E-state index in [1.54, 1.807) is 13.8 Å². The van der Waals surface area contributed by atoms with Gasteiger partial charge in [0.05, 0.1) is 0 Å². The Morgan fingerprint density at radius 3 is 2.65 bits per heavy atom. The first-order valence-electron chi connectivity index (χ1n) is 7.96. The lowest BCUT2D eigenvalue weighted by atomic mass is 10.0. The maximum atomic E-state index is 11.4. The molecule has 23 heavy (non-hydrogen) atoms. The van der Waals surface area contributed by atoms with E-state index in [-0.39, 0.29) is 6.04 Å². The van der Waals surface area contributed by atoms with Crippen LogP contribution in [0.4, 0.5) is 0 Å². The van der Waals surface area contributed by atoms with Crippen LogP contribution >= 0.6 is 0 Å². The molecule has 2 saturated heterocycles. The van der Waals surface area contributed by atoms with Gasteiger partial charge in [-0.05, 0) is 32.3 Å². The number of carboxylic acids is 1. The zero-order valence-electron chi connectivity index (χ0n) is 13.4. The third kappa shape index (κ3) is 3.26. The molecule has 4 atom stereocenters. The maximum absolute atomic E-state index is 11.4. The summed E-state index contributed by atoms with van der Waals surface area (Å²) in [5, 5.41) is 20.1. The molecular weight excluding hydrogens is 298 g/mol. The van der Waals surface area contributed by atoms with Crippen molar-refractivity contribution in [3.63, 3.8) is 0 Å². The van der Waals surface area contributed by atoms with Gasteiger partial charge in [0.25, 0.3) is 0 Å². The summed E-state index contributed by atoms with van der Waals surface area (Å²) in [5.74, 6) is -2.13. The Hall–Kier alpha value is -1.47. The van der Waals surface area contributed by atoms with E-state index in [0.29, 0.717) is 6.54 Å². The second-order valence-corrected chi connectivity index (χ2v) is 6.58. The topological polar surface area (TPSA) is 79.2 Å². The number of aliphatic hydroxyl groups excluding tert-OH is 1. The van der Waals surface area contributed by atoms with Gasteiger partial charge in [0, 0.05) is 12.6 Å². The zero-order chi connectivity index (χ0) is 16.6. The van der Waals surface area contributed by atoms with Crippen molar-refractivity contribution in [1.82, 2.24) is 4.90 Å². The molecule has 0 bridgehead atoms. The molecule has 6 nitrogen and oxygen atoms in total. The first-order valence-corrected chi connectivity index (χ1v) is 7.96. The monoisotopic (exact) mass is 321 g/mol. The Labute approximate surface area is 135 Å². The van der Waals surface area contributed by atoms with Crippen LogP contribution < -0.4 is 0 Å². The molecule has 2 aliphatic heterocycles. The molecule has 2 heterocycles. The minimum atomic E-state index is -1.17. The first kappa shape index (κ1) is 16.4. The Morgan fingerprint density at radius 2 is 2.00 bits per heavy atom. The van der Waals surface area contributed by atoms with Crippen molar-refractivity contribution in [3.8, 4) is 0 Å². The van der Waals surface area contributed by atoms with Crippen LogP contribution in [0.5, 0.6) is 0 Å². The molecule has 6 heteroatoms. The highest BCUT2D eigenvalue weighted by Crippen LogP contribution is 2.38. The predicted molar refractivity (Wildman–Crippen MR) is 82.6 cm³/mol. The quantitative estimate of drug-likeness (QED) is 0.879. The van der Waals surface area contributed by atoms with Crippen LogP contribution in [-0.2, 0) is 14.3 Å². The molecule has 126 valence electrons. The van der Waals surface area contributed by atoms with Gasteiger partial charge in [0.15, 0.2) is 11.9 Å². The molecule has 2 fully saturated rings. The van der Waals surface area contributed by atoms with Gasteiger partial charge in [-0.2, -0.15) is 0 Å². The van der Waals surface area contributed by atoms with E-state index in [0.717, 1.165) is 18.4 Å². The molecule has 2 unspecified atom stereocenters. The molecule has 0 spiro atoms. The predicted octanol–water partition coefficient (Wildman–Crippen LogP) is 1.75. The number of nitrogens with zero attached hydrogens (tertiary/aromatic N) is 1. The van der Waals surface area contributed by atoms with Crippen LogP contribution in [0.1, 0.15) is 38.3 Å². The summed E-state index contributed by atoms with van der Waals surface area (Å²) in [7, 11) is 0. The van der Waals surface area contributed by atoms with Crippen molar-refractivity contribution in [2.75, 3.05) is 6.54 Å². The Morgan fingerprint density at radius 1 is 1.30 bits per heavy atom. The van der Waals surface area contributed by atoms with Crippen molar-refractivity contribution >= 4 is 5.97 Å². The van der Waals surface area contributed by atoms with Crippen LogP contribution in [0.2, 0.25) is 0 Å². The lowest BCUT2D eigenvalue weighted by Gasteiger charge is -2.33. The highest BCUT2D eigenvalue weighted by atomic mass is 16.8. The molecule has 1 aromatic carbocycles. The summed E-state index contributed by atoms with van der Waals surface area (Å²) in [6.07, 6.45) is -1.23. The van der Waals surface area contributed by atoms with E-state index in [1.165, 1.54) is 0 Å². The van der Waals surface area contributed by atoms with Crippen molar-refractivity contribution in [2.45, 2.75) is 57.0 Å². The molecule has 3 rings (SSSR count). The second-order valence-electron chi connectivity index (χ2n) is 6.58. The van der Waals surface area contributed by atoms with E-state index in [2.05, 4.69) is 0 Å². The van der Waals surface area contributed by atoms with Crippen molar-refractivity contribution < 1.29 is 24.5 Å². The average Bonchev–Trinajstić information content (AvgIpc) is 3.11. The number of ether oxygens (including phenoxy) is 2. The summed E-state index contributed by atoms with van der Waals surface area (Å²) >= 11 is 0. The maximum Gasteiger partial charge on any atom is 0.335 e. The molecule has 0 aromatic heterocycles. The Kier molecular flexibility index (Phi) is 4.42. The molecule has 2 aliphatic rings. The fraction of sp³-hybridized carbons (Fsp3) is 0.588. The van der Waals surface area contributed by atoms with E-state index >= 15 is 0 Å². The van der Waals surface area contributed by atoms with E-state index in [9.17, 15) is 15.0 Å². The normalized spacial score (nSPS) is 32.0. The third-order valence-electron chi connectivity index (χ3n) is 4.48. The Balaban J connectivity index is 1.81. The molecule has 0 amide bonds. The summed E-state index contributed by atoms with van der Waals surface area (Å²) in [6.45, 7) is 4.02. The van der Waals surface area contributed by atoms with Crippen molar-refractivity contribution in [3.05, 3.63) is 35.9 Å². The minimum absolute atomic E-state index is 0.0629. The highest BCUT2D eigenvalue weighted by molar-refractivity contribution is 5.73. The van der Waals surface area contributed by atoms with Crippen molar-refractivity contribution in [1.29, 1.82) is 0 Å². The van der Waals surface area contributed by atoms with Gasteiger partial charge in [-0.3, -0.25) is 4.90 Å². The van der Waals surface area contributed by atoms with Crippen LogP contribution in [-0.4, -0.2) is 51.8 Å². The number of carbonyl (C=O) groups is 1. The van der Waals surface area contributed by atoms with E-state index in [4.69, 9.17) is 9.47 Å². The lowest BCUT2D eigenvalue weighted by Crippen LogP contribution is -2.49. The average molecular weight is 321 g/mol. The molecular formula is C17H23NO5. The Bertz CT molecular complexity index is 561. The van der Waals surface area contributed by atoms with Crippen LogP contribution in [0, 0.1) is 0 Å². The molecule has 0 radical (unpaired) electrons. The SMILES string of the molecule is CC1(C)O[C@@H](C(=O)O)[C@H](C(O)N2CCCC2c2ccccc2)O1. The van der Waals surface area contributed by atoms with Gasteiger partial charge in [0.2, 0.25) is 0 Å².